The van der Waals surface area contributed by atoms with Gasteiger partial charge >= 0.3 is 0 Å². The molecule has 82 valence electrons. The Kier molecular flexibility index (Phi) is 2.93. The first-order chi connectivity index (χ1) is 7.22. The fraction of sp³-hybridized carbons (Fsp3) is 0.500. The molecule has 0 aromatic heterocycles. The Labute approximate surface area is 89.8 Å². The van der Waals surface area contributed by atoms with Crippen LogP contribution in [-0.4, -0.2) is 23.8 Å². The van der Waals surface area contributed by atoms with Crippen LogP contribution < -0.4 is 5.32 Å². The maximum absolute atomic E-state index is 9.81. The zero-order chi connectivity index (χ0) is 10.8. The number of aryl methyl sites for hydroxylation is 2. The molecule has 3 nitrogen and oxygen atoms in total. The lowest BCUT2D eigenvalue weighted by molar-refractivity contribution is 0.174. The number of hydrogen-bond acceptors (Lipinski definition) is 3. The van der Waals surface area contributed by atoms with E-state index in [4.69, 9.17) is 0 Å². The normalized spacial score (nSPS) is 16.4. The number of nitrogens with one attached hydrogen (secondary N) is 1. The summed E-state index contributed by atoms with van der Waals surface area (Å²) < 4.78 is 0. The Balaban J connectivity index is 2.31. The molecule has 1 aliphatic carbocycles. The maximum Gasteiger partial charge on any atom is 0.121 e. The summed E-state index contributed by atoms with van der Waals surface area (Å²) in [6.07, 6.45) is 2.64. The Morgan fingerprint density at radius 1 is 1.33 bits per heavy atom. The number of rotatable bonds is 3. The molecule has 1 unspecified atom stereocenters. The molecule has 0 heterocycles. The highest BCUT2D eigenvalue weighted by atomic mass is 16.3. The van der Waals surface area contributed by atoms with Gasteiger partial charge in [0.2, 0.25) is 0 Å². The average molecular weight is 207 g/mol. The van der Waals surface area contributed by atoms with Crippen LogP contribution in [0, 0.1) is 0 Å². The number of phenols is 1. The van der Waals surface area contributed by atoms with Crippen LogP contribution in [-0.2, 0) is 12.8 Å². The van der Waals surface area contributed by atoms with Crippen molar-refractivity contribution in [3.63, 3.8) is 0 Å². The van der Waals surface area contributed by atoms with Crippen molar-refractivity contribution in [3.8, 4) is 5.75 Å². The Hall–Kier alpha value is -1.06. The van der Waals surface area contributed by atoms with Crippen molar-refractivity contribution in [2.75, 3.05) is 13.6 Å². The lowest BCUT2D eigenvalue weighted by atomic mass is 10.0. The summed E-state index contributed by atoms with van der Waals surface area (Å²) in [5.74, 6) is 0.221. The third-order valence-electron chi connectivity index (χ3n) is 3.00. The third-order valence-corrected chi connectivity index (χ3v) is 3.00. The fourth-order valence-corrected chi connectivity index (χ4v) is 2.20. The second kappa shape index (κ2) is 4.21. The zero-order valence-corrected chi connectivity index (χ0v) is 8.95. The van der Waals surface area contributed by atoms with Crippen LogP contribution in [0.3, 0.4) is 0 Å². The van der Waals surface area contributed by atoms with Gasteiger partial charge in [-0.2, -0.15) is 0 Å². The van der Waals surface area contributed by atoms with Crippen LogP contribution in [0.2, 0.25) is 0 Å². The monoisotopic (exact) mass is 207 g/mol. The second-order valence-electron chi connectivity index (χ2n) is 4.11. The Morgan fingerprint density at radius 2 is 2.00 bits per heavy atom. The molecule has 0 radical (unpaired) electrons. The topological polar surface area (TPSA) is 52.5 Å². The van der Waals surface area contributed by atoms with Crippen molar-refractivity contribution in [1.82, 2.24) is 5.32 Å². The van der Waals surface area contributed by atoms with Gasteiger partial charge < -0.3 is 15.5 Å². The smallest absolute Gasteiger partial charge is 0.121 e. The first-order valence-corrected chi connectivity index (χ1v) is 5.39. The SMILES string of the molecule is CNCC(O)c1cc2c(cc1O)CCC2. The third kappa shape index (κ3) is 1.98. The van der Waals surface area contributed by atoms with E-state index in [1.165, 1.54) is 11.1 Å². The number of likely N-dealkylation sites (N-methyl/N-ethyl adjacent to an activating group) is 1. The highest BCUT2D eigenvalue weighted by molar-refractivity contribution is 5.45. The van der Waals surface area contributed by atoms with Crippen LogP contribution in [0.1, 0.15) is 29.2 Å². The van der Waals surface area contributed by atoms with Gasteiger partial charge in [0.25, 0.3) is 0 Å². The molecule has 2 rings (SSSR count). The van der Waals surface area contributed by atoms with Gasteiger partial charge in [-0.05, 0) is 49.6 Å². The van der Waals surface area contributed by atoms with Crippen molar-refractivity contribution in [1.29, 1.82) is 0 Å². The maximum atomic E-state index is 9.81. The van der Waals surface area contributed by atoms with Gasteiger partial charge in [0.05, 0.1) is 6.10 Å². The lowest BCUT2D eigenvalue weighted by Gasteiger charge is -2.14. The molecule has 3 heteroatoms. The molecule has 0 bridgehead atoms. The standard InChI is InChI=1S/C12H17NO2/c1-13-7-12(15)10-5-8-3-2-4-9(8)6-11(10)14/h5-6,12-15H,2-4,7H2,1H3. The molecule has 0 spiro atoms. The van der Waals surface area contributed by atoms with Crippen LogP contribution in [0.4, 0.5) is 0 Å². The van der Waals surface area contributed by atoms with Crippen molar-refractivity contribution in [2.24, 2.45) is 0 Å². The van der Waals surface area contributed by atoms with Gasteiger partial charge in [-0.1, -0.05) is 0 Å². The summed E-state index contributed by atoms with van der Waals surface area (Å²) in [6.45, 7) is 0.465. The minimum absolute atomic E-state index is 0.221. The second-order valence-corrected chi connectivity index (χ2v) is 4.11. The number of fused-ring (bicyclic) bond motifs is 1. The number of aliphatic hydroxyl groups is 1. The van der Waals surface area contributed by atoms with Gasteiger partial charge in [-0.15, -0.1) is 0 Å². The van der Waals surface area contributed by atoms with E-state index in [0.29, 0.717) is 12.1 Å². The molecular weight excluding hydrogens is 190 g/mol. The number of hydrogen-bond donors (Lipinski definition) is 3. The lowest BCUT2D eigenvalue weighted by Crippen LogP contribution is -2.17. The minimum Gasteiger partial charge on any atom is -0.508 e. The molecule has 1 aromatic carbocycles. The highest BCUT2D eigenvalue weighted by Crippen LogP contribution is 2.32. The predicted octanol–water partition coefficient (Wildman–Crippen LogP) is 1.13. The summed E-state index contributed by atoms with van der Waals surface area (Å²) in [5, 5.41) is 22.5. The van der Waals surface area contributed by atoms with Crippen LogP contribution >= 0.6 is 0 Å². The molecule has 0 saturated carbocycles. The molecule has 0 amide bonds. The van der Waals surface area contributed by atoms with E-state index in [-0.39, 0.29) is 5.75 Å². The van der Waals surface area contributed by atoms with Crippen LogP contribution in [0.25, 0.3) is 0 Å². The van der Waals surface area contributed by atoms with Gasteiger partial charge in [0, 0.05) is 12.1 Å². The molecule has 1 atom stereocenters. The van der Waals surface area contributed by atoms with E-state index in [1.54, 1.807) is 13.1 Å². The van der Waals surface area contributed by atoms with Crippen molar-refractivity contribution < 1.29 is 10.2 Å². The summed E-state index contributed by atoms with van der Waals surface area (Å²) in [6, 6.07) is 3.75. The molecule has 0 aliphatic heterocycles. The molecule has 0 fully saturated rings. The van der Waals surface area contributed by atoms with E-state index in [2.05, 4.69) is 5.32 Å². The largest absolute Gasteiger partial charge is 0.508 e. The molecule has 15 heavy (non-hydrogen) atoms. The minimum atomic E-state index is -0.624. The van der Waals surface area contributed by atoms with E-state index >= 15 is 0 Å². The number of aliphatic hydroxyl groups excluding tert-OH is 1. The first kappa shape index (κ1) is 10.5. The Morgan fingerprint density at radius 3 is 2.67 bits per heavy atom. The number of phenolic OH excluding ortho intramolecular Hbond substituents is 1. The average Bonchev–Trinajstić information content (AvgIpc) is 2.63. The van der Waals surface area contributed by atoms with Gasteiger partial charge in [-0.25, -0.2) is 0 Å². The fourth-order valence-electron chi connectivity index (χ4n) is 2.20. The quantitative estimate of drug-likeness (QED) is 0.696. The summed E-state index contributed by atoms with van der Waals surface area (Å²) in [5.41, 5.74) is 3.15. The van der Waals surface area contributed by atoms with Crippen LogP contribution in [0.15, 0.2) is 12.1 Å². The number of benzene rings is 1. The van der Waals surface area contributed by atoms with Crippen molar-refractivity contribution in [3.05, 3.63) is 28.8 Å². The molecule has 0 saturated heterocycles. The van der Waals surface area contributed by atoms with E-state index in [9.17, 15) is 10.2 Å². The van der Waals surface area contributed by atoms with E-state index in [0.717, 1.165) is 19.3 Å². The van der Waals surface area contributed by atoms with E-state index in [1.807, 2.05) is 6.07 Å². The molecule has 1 aromatic rings. The van der Waals surface area contributed by atoms with Gasteiger partial charge in [-0.3, -0.25) is 0 Å². The zero-order valence-electron chi connectivity index (χ0n) is 8.95. The number of aromatic hydroxyl groups is 1. The Bertz CT molecular complexity index is 363. The summed E-state index contributed by atoms with van der Waals surface area (Å²) in [4.78, 5) is 0. The molecule has 1 aliphatic rings. The van der Waals surface area contributed by atoms with Crippen molar-refractivity contribution >= 4 is 0 Å². The highest BCUT2D eigenvalue weighted by Gasteiger charge is 2.18. The first-order valence-electron chi connectivity index (χ1n) is 5.39. The van der Waals surface area contributed by atoms with Gasteiger partial charge in [0.15, 0.2) is 0 Å². The predicted molar refractivity (Wildman–Crippen MR) is 59.0 cm³/mol. The summed E-state index contributed by atoms with van der Waals surface area (Å²) in [7, 11) is 1.79. The molecule has 3 N–H and O–H groups in total. The van der Waals surface area contributed by atoms with Crippen LogP contribution in [0.5, 0.6) is 5.75 Å². The van der Waals surface area contributed by atoms with Crippen molar-refractivity contribution in [2.45, 2.75) is 25.4 Å². The van der Waals surface area contributed by atoms with E-state index < -0.39 is 6.10 Å². The molecular formula is C12H17NO2. The van der Waals surface area contributed by atoms with Gasteiger partial charge in [0.1, 0.15) is 5.75 Å². The summed E-state index contributed by atoms with van der Waals surface area (Å²) >= 11 is 0.